The fraction of sp³-hybridized carbons (Fsp3) is 0.235. The zero-order chi connectivity index (χ0) is 34.1. The second-order valence-corrected chi connectivity index (χ2v) is 10.4. The number of carbonyl (C=O) groups excluding carboxylic acids is 2. The fourth-order valence-corrected chi connectivity index (χ4v) is 4.09. The van der Waals surface area contributed by atoms with E-state index in [9.17, 15) is 35.9 Å². The van der Waals surface area contributed by atoms with Crippen molar-refractivity contribution >= 4 is 23.2 Å². The van der Waals surface area contributed by atoms with E-state index in [1.54, 1.807) is 48.5 Å². The summed E-state index contributed by atoms with van der Waals surface area (Å²) in [5, 5.41) is 4.93. The van der Waals surface area contributed by atoms with Crippen molar-refractivity contribution in [1.82, 2.24) is 0 Å². The third-order valence-electron chi connectivity index (χ3n) is 5.88. The Balaban J connectivity index is 0.000000250. The lowest BCUT2D eigenvalue weighted by molar-refractivity contribution is -0.138. The molecule has 0 atom stereocenters. The average molecular weight is 647 g/mol. The van der Waals surface area contributed by atoms with Crippen LogP contribution in [0.3, 0.4) is 0 Å². The van der Waals surface area contributed by atoms with Gasteiger partial charge in [-0.15, -0.1) is 0 Å². The molecule has 244 valence electrons. The SMILES string of the molecule is CC(C)Oc1cccc(NC(=O)c2ccccc2C(F)(F)F)c1.CC(C)Oc1cccc(NC(=O)c2ccccc2C(F)(F)F)c1. The predicted octanol–water partition coefficient (Wildman–Crippen LogP) is 9.49. The fourth-order valence-electron chi connectivity index (χ4n) is 4.09. The van der Waals surface area contributed by atoms with Crippen LogP contribution in [0.4, 0.5) is 37.7 Å². The van der Waals surface area contributed by atoms with Crippen molar-refractivity contribution in [1.29, 1.82) is 0 Å². The van der Waals surface area contributed by atoms with Gasteiger partial charge in [0.2, 0.25) is 0 Å². The van der Waals surface area contributed by atoms with E-state index in [0.29, 0.717) is 22.9 Å². The smallest absolute Gasteiger partial charge is 0.417 e. The lowest BCUT2D eigenvalue weighted by Crippen LogP contribution is -2.18. The molecule has 46 heavy (non-hydrogen) atoms. The van der Waals surface area contributed by atoms with Crippen LogP contribution >= 0.6 is 0 Å². The van der Waals surface area contributed by atoms with Crippen LogP contribution in [0.1, 0.15) is 59.5 Å². The second kappa shape index (κ2) is 15.3. The third kappa shape index (κ3) is 10.6. The molecule has 0 saturated heterocycles. The monoisotopic (exact) mass is 646 g/mol. The molecular formula is C34H32F6N2O4. The highest BCUT2D eigenvalue weighted by molar-refractivity contribution is 6.06. The van der Waals surface area contributed by atoms with Gasteiger partial charge < -0.3 is 20.1 Å². The van der Waals surface area contributed by atoms with E-state index in [1.165, 1.54) is 24.3 Å². The molecule has 0 unspecified atom stereocenters. The van der Waals surface area contributed by atoms with Gasteiger partial charge in [0, 0.05) is 23.5 Å². The quantitative estimate of drug-likeness (QED) is 0.187. The first-order valence-electron chi connectivity index (χ1n) is 14.0. The first-order chi connectivity index (χ1) is 21.5. The van der Waals surface area contributed by atoms with Crippen molar-refractivity contribution in [3.05, 3.63) is 119 Å². The van der Waals surface area contributed by atoms with Crippen molar-refractivity contribution < 1.29 is 45.4 Å². The van der Waals surface area contributed by atoms with Crippen molar-refractivity contribution in [2.45, 2.75) is 52.3 Å². The largest absolute Gasteiger partial charge is 0.491 e. The molecule has 4 rings (SSSR count). The van der Waals surface area contributed by atoms with Gasteiger partial charge in [0.15, 0.2) is 0 Å². The number of amides is 2. The Hall–Kier alpha value is -5.00. The molecule has 0 spiro atoms. The number of hydrogen-bond donors (Lipinski definition) is 2. The van der Waals surface area contributed by atoms with Crippen molar-refractivity contribution in [3.8, 4) is 11.5 Å². The maximum Gasteiger partial charge on any atom is 0.417 e. The summed E-state index contributed by atoms with van der Waals surface area (Å²) >= 11 is 0. The number of carbonyl (C=O) groups is 2. The molecular weight excluding hydrogens is 614 g/mol. The van der Waals surface area contributed by atoms with E-state index >= 15 is 0 Å². The molecule has 0 aliphatic heterocycles. The molecule has 6 nitrogen and oxygen atoms in total. The van der Waals surface area contributed by atoms with Gasteiger partial charge in [0.25, 0.3) is 11.8 Å². The zero-order valence-corrected chi connectivity index (χ0v) is 25.3. The summed E-state index contributed by atoms with van der Waals surface area (Å²) in [7, 11) is 0. The zero-order valence-electron chi connectivity index (χ0n) is 25.3. The van der Waals surface area contributed by atoms with E-state index in [2.05, 4.69) is 10.6 Å². The van der Waals surface area contributed by atoms with Crippen LogP contribution in [-0.4, -0.2) is 24.0 Å². The molecule has 2 amide bonds. The van der Waals surface area contributed by atoms with Crippen molar-refractivity contribution in [2.75, 3.05) is 10.6 Å². The number of halogens is 6. The molecule has 2 N–H and O–H groups in total. The van der Waals surface area contributed by atoms with Gasteiger partial charge in [0.1, 0.15) is 11.5 Å². The average Bonchev–Trinajstić information content (AvgIpc) is 2.96. The molecule has 0 aliphatic carbocycles. The molecule has 0 bridgehead atoms. The van der Waals surface area contributed by atoms with Gasteiger partial charge in [-0.3, -0.25) is 9.59 Å². The number of ether oxygens (including phenoxy) is 2. The van der Waals surface area contributed by atoms with E-state index in [1.807, 2.05) is 27.7 Å². The van der Waals surface area contributed by atoms with E-state index in [-0.39, 0.29) is 12.2 Å². The topological polar surface area (TPSA) is 76.7 Å². The summed E-state index contributed by atoms with van der Waals surface area (Å²) in [5.74, 6) is -0.581. The molecule has 0 aliphatic rings. The molecule has 0 saturated carbocycles. The molecule has 4 aromatic carbocycles. The summed E-state index contributed by atoms with van der Waals surface area (Å²) in [5.41, 5.74) is -2.04. The standard InChI is InChI=1S/2C17H16F3NO2/c2*1-11(2)23-13-7-5-6-12(10-13)21-16(22)14-8-3-4-9-15(14)17(18,19)20/h2*3-11H,1-2H3,(H,21,22). The normalized spacial score (nSPS) is 11.4. The molecule has 0 aromatic heterocycles. The summed E-state index contributed by atoms with van der Waals surface area (Å²) in [6.07, 6.45) is -9.27. The summed E-state index contributed by atoms with van der Waals surface area (Å²) in [4.78, 5) is 24.3. The minimum atomic E-state index is -4.59. The first kappa shape index (κ1) is 35.5. The van der Waals surface area contributed by atoms with Gasteiger partial charge in [-0.05, 0) is 76.2 Å². The van der Waals surface area contributed by atoms with E-state index in [4.69, 9.17) is 9.47 Å². The van der Waals surface area contributed by atoms with Crippen LogP contribution in [0.25, 0.3) is 0 Å². The van der Waals surface area contributed by atoms with E-state index < -0.39 is 46.4 Å². The third-order valence-corrected chi connectivity index (χ3v) is 5.88. The van der Waals surface area contributed by atoms with Gasteiger partial charge in [-0.25, -0.2) is 0 Å². The highest BCUT2D eigenvalue weighted by atomic mass is 19.4. The first-order valence-corrected chi connectivity index (χ1v) is 14.0. The molecule has 0 heterocycles. The second-order valence-electron chi connectivity index (χ2n) is 10.4. The van der Waals surface area contributed by atoms with Crippen LogP contribution in [0.5, 0.6) is 11.5 Å². The number of alkyl halides is 6. The molecule has 0 fully saturated rings. The van der Waals surface area contributed by atoms with Gasteiger partial charge >= 0.3 is 12.4 Å². The van der Waals surface area contributed by atoms with Gasteiger partial charge in [-0.1, -0.05) is 36.4 Å². The number of benzene rings is 4. The molecule has 4 aromatic rings. The lowest BCUT2D eigenvalue weighted by atomic mass is 10.1. The molecule has 0 radical (unpaired) electrons. The summed E-state index contributed by atoms with van der Waals surface area (Å²) < 4.78 is 88.7. The van der Waals surface area contributed by atoms with Crippen LogP contribution in [0, 0.1) is 0 Å². The predicted molar refractivity (Wildman–Crippen MR) is 163 cm³/mol. The summed E-state index contributed by atoms with van der Waals surface area (Å²) in [6, 6.07) is 22.4. The maximum absolute atomic E-state index is 13.0. The minimum absolute atomic E-state index is 0.0492. The van der Waals surface area contributed by atoms with Gasteiger partial charge in [-0.2, -0.15) is 26.3 Å². The van der Waals surface area contributed by atoms with Crippen LogP contribution in [0.15, 0.2) is 97.1 Å². The number of hydrogen-bond acceptors (Lipinski definition) is 4. The van der Waals surface area contributed by atoms with Gasteiger partial charge in [0.05, 0.1) is 34.5 Å². The lowest BCUT2D eigenvalue weighted by Gasteiger charge is -2.14. The Morgan fingerprint density at radius 2 is 0.891 bits per heavy atom. The number of nitrogens with one attached hydrogen (secondary N) is 2. The van der Waals surface area contributed by atoms with Crippen LogP contribution in [0.2, 0.25) is 0 Å². The Kier molecular flexibility index (Phi) is 11.8. The number of anilines is 2. The Labute approximate surface area is 262 Å². The van der Waals surface area contributed by atoms with Crippen LogP contribution in [-0.2, 0) is 12.4 Å². The highest BCUT2D eigenvalue weighted by Crippen LogP contribution is 2.33. The number of rotatable bonds is 8. The van der Waals surface area contributed by atoms with Crippen molar-refractivity contribution in [3.63, 3.8) is 0 Å². The summed E-state index contributed by atoms with van der Waals surface area (Å²) in [6.45, 7) is 7.41. The highest BCUT2D eigenvalue weighted by Gasteiger charge is 2.35. The van der Waals surface area contributed by atoms with E-state index in [0.717, 1.165) is 24.3 Å². The van der Waals surface area contributed by atoms with Crippen molar-refractivity contribution in [2.24, 2.45) is 0 Å². The Bertz CT molecular complexity index is 1510. The Morgan fingerprint density at radius 1 is 0.543 bits per heavy atom. The molecule has 12 heteroatoms. The Morgan fingerprint density at radius 3 is 1.22 bits per heavy atom. The maximum atomic E-state index is 13.0. The minimum Gasteiger partial charge on any atom is -0.491 e. The van der Waals surface area contributed by atoms with Crippen LogP contribution < -0.4 is 20.1 Å².